The Hall–Kier alpha value is -3.19. The van der Waals surface area contributed by atoms with Gasteiger partial charge in [-0.2, -0.15) is 0 Å². The Bertz CT molecular complexity index is 1080. The van der Waals surface area contributed by atoms with Gasteiger partial charge in [0.15, 0.2) is 16.6 Å². The molecular weight excluding hydrogens is 338 g/mol. The Kier molecular flexibility index (Phi) is 3.07. The van der Waals surface area contributed by atoms with Crippen molar-refractivity contribution in [1.29, 1.82) is 0 Å². The van der Waals surface area contributed by atoms with E-state index in [1.54, 1.807) is 18.2 Å². The second kappa shape index (κ2) is 5.42. The summed E-state index contributed by atoms with van der Waals surface area (Å²) >= 11 is 1.49. The summed E-state index contributed by atoms with van der Waals surface area (Å²) in [6.07, 6.45) is 2.39. The summed E-state index contributed by atoms with van der Waals surface area (Å²) in [4.78, 5) is 18.1. The van der Waals surface area contributed by atoms with Crippen molar-refractivity contribution >= 4 is 22.4 Å². The largest absolute Gasteiger partial charge is 0.461 e. The molecular formula is C18H11N3O3S. The Morgan fingerprint density at radius 3 is 2.96 bits per heavy atom. The van der Waals surface area contributed by atoms with E-state index in [-0.39, 0.29) is 11.6 Å². The van der Waals surface area contributed by atoms with Crippen LogP contribution in [0, 0.1) is 0 Å². The lowest BCUT2D eigenvalue weighted by Crippen LogP contribution is -2.11. The number of anilines is 1. The SMILES string of the molecule is O=C(Nc1nc2c(s1)Cc1ccccc1-2)c1cc(-c2ccco2)on1. The van der Waals surface area contributed by atoms with Gasteiger partial charge in [0.1, 0.15) is 0 Å². The van der Waals surface area contributed by atoms with E-state index in [1.165, 1.54) is 23.2 Å². The van der Waals surface area contributed by atoms with Crippen molar-refractivity contribution in [3.05, 3.63) is 64.9 Å². The second-order valence-electron chi connectivity index (χ2n) is 5.63. The molecule has 3 heterocycles. The van der Waals surface area contributed by atoms with Crippen molar-refractivity contribution in [2.24, 2.45) is 0 Å². The Morgan fingerprint density at radius 1 is 1.16 bits per heavy atom. The molecule has 6 nitrogen and oxygen atoms in total. The molecule has 5 rings (SSSR count). The monoisotopic (exact) mass is 349 g/mol. The van der Waals surface area contributed by atoms with Crippen molar-refractivity contribution in [2.45, 2.75) is 6.42 Å². The van der Waals surface area contributed by atoms with Gasteiger partial charge in [0.2, 0.25) is 5.76 Å². The number of carbonyl (C=O) groups excluding carboxylic acids is 1. The normalized spacial score (nSPS) is 12.0. The fraction of sp³-hybridized carbons (Fsp3) is 0.0556. The number of fused-ring (bicyclic) bond motifs is 3. The lowest BCUT2D eigenvalue weighted by atomic mass is 10.1. The summed E-state index contributed by atoms with van der Waals surface area (Å²) in [5.74, 6) is 0.573. The van der Waals surface area contributed by atoms with Gasteiger partial charge >= 0.3 is 0 Å². The van der Waals surface area contributed by atoms with Gasteiger partial charge in [-0.3, -0.25) is 10.1 Å². The summed E-state index contributed by atoms with van der Waals surface area (Å²) in [5, 5.41) is 7.15. The van der Waals surface area contributed by atoms with Crippen LogP contribution in [0.2, 0.25) is 0 Å². The average molecular weight is 349 g/mol. The number of nitrogens with zero attached hydrogens (tertiary/aromatic N) is 2. The highest BCUT2D eigenvalue weighted by molar-refractivity contribution is 7.16. The van der Waals surface area contributed by atoms with Crippen molar-refractivity contribution in [3.63, 3.8) is 0 Å². The predicted molar refractivity (Wildman–Crippen MR) is 92.5 cm³/mol. The first-order chi connectivity index (χ1) is 12.3. The van der Waals surface area contributed by atoms with E-state index in [0.717, 1.165) is 22.6 Å². The number of rotatable bonds is 3. The number of hydrogen-bond donors (Lipinski definition) is 1. The lowest BCUT2D eigenvalue weighted by Gasteiger charge is -1.99. The second-order valence-corrected chi connectivity index (χ2v) is 6.72. The highest BCUT2D eigenvalue weighted by Gasteiger charge is 2.24. The first-order valence-electron chi connectivity index (χ1n) is 7.68. The minimum Gasteiger partial charge on any atom is -0.461 e. The molecule has 1 aromatic carbocycles. The summed E-state index contributed by atoms with van der Waals surface area (Å²) in [6, 6.07) is 13.2. The fourth-order valence-electron chi connectivity index (χ4n) is 2.89. The summed E-state index contributed by atoms with van der Waals surface area (Å²) in [5.41, 5.74) is 3.54. The maximum atomic E-state index is 12.4. The van der Waals surface area contributed by atoms with E-state index >= 15 is 0 Å². The Labute approximate surface area is 146 Å². The molecule has 1 aliphatic rings. The fourth-order valence-corrected chi connectivity index (χ4v) is 3.89. The van der Waals surface area contributed by atoms with Crippen LogP contribution in [0.15, 0.2) is 57.7 Å². The maximum absolute atomic E-state index is 12.4. The third-order valence-electron chi connectivity index (χ3n) is 4.05. The first-order valence-corrected chi connectivity index (χ1v) is 8.49. The van der Waals surface area contributed by atoms with E-state index in [2.05, 4.69) is 27.6 Å². The first kappa shape index (κ1) is 14.2. The van der Waals surface area contributed by atoms with E-state index in [4.69, 9.17) is 8.94 Å². The minimum atomic E-state index is -0.359. The molecule has 0 unspecified atom stereocenters. The van der Waals surface area contributed by atoms with Gasteiger partial charge in [0.25, 0.3) is 5.91 Å². The van der Waals surface area contributed by atoms with Crippen LogP contribution in [0.4, 0.5) is 5.13 Å². The number of furan rings is 1. The smallest absolute Gasteiger partial charge is 0.279 e. The Balaban J connectivity index is 1.38. The molecule has 0 fully saturated rings. The zero-order valence-corrected chi connectivity index (χ0v) is 13.7. The highest BCUT2D eigenvalue weighted by atomic mass is 32.1. The van der Waals surface area contributed by atoms with E-state index in [9.17, 15) is 4.79 Å². The van der Waals surface area contributed by atoms with Gasteiger partial charge < -0.3 is 8.94 Å². The zero-order valence-electron chi connectivity index (χ0n) is 12.9. The molecule has 1 aliphatic carbocycles. The zero-order chi connectivity index (χ0) is 16.8. The van der Waals surface area contributed by atoms with Crippen LogP contribution in [-0.4, -0.2) is 16.0 Å². The summed E-state index contributed by atoms with van der Waals surface area (Å²) < 4.78 is 10.4. The number of nitrogens with one attached hydrogen (secondary N) is 1. The number of carbonyl (C=O) groups is 1. The van der Waals surface area contributed by atoms with Crippen LogP contribution in [0.3, 0.4) is 0 Å². The highest BCUT2D eigenvalue weighted by Crippen LogP contribution is 2.40. The van der Waals surface area contributed by atoms with Crippen LogP contribution < -0.4 is 5.32 Å². The third kappa shape index (κ3) is 2.36. The third-order valence-corrected chi connectivity index (χ3v) is 5.02. The van der Waals surface area contributed by atoms with Crippen LogP contribution >= 0.6 is 11.3 Å². The van der Waals surface area contributed by atoms with Gasteiger partial charge in [0.05, 0.1) is 12.0 Å². The molecule has 1 amide bonds. The molecule has 0 bridgehead atoms. The molecule has 1 N–H and O–H groups in total. The number of aromatic nitrogens is 2. The molecule has 4 aromatic rings. The molecule has 0 saturated carbocycles. The molecule has 3 aromatic heterocycles. The van der Waals surface area contributed by atoms with Crippen molar-refractivity contribution in [1.82, 2.24) is 10.1 Å². The van der Waals surface area contributed by atoms with E-state index < -0.39 is 0 Å². The standard InChI is InChI=1S/C18H11N3O3S/c22-17(12-9-14(24-21-12)13-6-3-7-23-13)20-18-19-16-11-5-2-1-4-10(11)8-15(16)25-18/h1-7,9H,8H2,(H,19,20,22). The number of benzene rings is 1. The van der Waals surface area contributed by atoms with Crippen molar-refractivity contribution < 1.29 is 13.7 Å². The maximum Gasteiger partial charge on any atom is 0.279 e. The van der Waals surface area contributed by atoms with Gasteiger partial charge in [-0.15, -0.1) is 11.3 Å². The molecule has 7 heteroatoms. The molecule has 25 heavy (non-hydrogen) atoms. The number of amides is 1. The van der Waals surface area contributed by atoms with Crippen molar-refractivity contribution in [2.75, 3.05) is 5.32 Å². The molecule has 0 spiro atoms. The van der Waals surface area contributed by atoms with Crippen LogP contribution in [0.25, 0.3) is 22.8 Å². The quantitative estimate of drug-likeness (QED) is 0.527. The van der Waals surface area contributed by atoms with Crippen LogP contribution in [-0.2, 0) is 6.42 Å². The summed E-state index contributed by atoms with van der Waals surface area (Å²) in [7, 11) is 0. The number of thiazole rings is 1. The van der Waals surface area contributed by atoms with Gasteiger partial charge in [-0.25, -0.2) is 4.98 Å². The predicted octanol–water partition coefficient (Wildman–Crippen LogP) is 4.21. The van der Waals surface area contributed by atoms with Crippen LogP contribution in [0.1, 0.15) is 20.9 Å². The minimum absolute atomic E-state index is 0.183. The number of hydrogen-bond acceptors (Lipinski definition) is 6. The van der Waals surface area contributed by atoms with Gasteiger partial charge in [0, 0.05) is 22.9 Å². The van der Waals surface area contributed by atoms with Gasteiger partial charge in [-0.05, 0) is 17.7 Å². The van der Waals surface area contributed by atoms with Crippen LogP contribution in [0.5, 0.6) is 0 Å². The van der Waals surface area contributed by atoms with Gasteiger partial charge in [-0.1, -0.05) is 29.4 Å². The van der Waals surface area contributed by atoms with E-state index in [0.29, 0.717) is 16.7 Å². The molecule has 0 saturated heterocycles. The molecule has 0 atom stereocenters. The van der Waals surface area contributed by atoms with E-state index in [1.807, 2.05) is 12.1 Å². The summed E-state index contributed by atoms with van der Waals surface area (Å²) in [6.45, 7) is 0. The molecule has 122 valence electrons. The molecule has 0 radical (unpaired) electrons. The molecule has 0 aliphatic heterocycles. The van der Waals surface area contributed by atoms with Crippen molar-refractivity contribution in [3.8, 4) is 22.8 Å². The topological polar surface area (TPSA) is 81.2 Å². The lowest BCUT2D eigenvalue weighted by molar-refractivity contribution is 0.101. The average Bonchev–Trinajstić information content (AvgIpc) is 3.37. The Morgan fingerprint density at radius 2 is 2.08 bits per heavy atom.